The molecule has 33 heavy (non-hydrogen) atoms. The molecule has 0 spiro atoms. The molecule has 7 nitrogen and oxygen atoms in total. The SMILES string of the molecule is CCCCCCCC(=O)NCC(OC(=O)CC)c1ccc2c(c1)OCCO2.CN1CCCC1. The molecule has 0 aromatic heterocycles. The van der Waals surface area contributed by atoms with Crippen molar-refractivity contribution >= 4 is 11.9 Å². The van der Waals surface area contributed by atoms with E-state index in [4.69, 9.17) is 14.2 Å². The Hall–Kier alpha value is -2.28. The topological polar surface area (TPSA) is 77.1 Å². The zero-order valence-corrected chi connectivity index (χ0v) is 20.7. The third kappa shape index (κ3) is 10.5. The number of hydrogen-bond donors (Lipinski definition) is 1. The summed E-state index contributed by atoms with van der Waals surface area (Å²) in [5, 5.41) is 2.89. The second kappa shape index (κ2) is 15.5. The Morgan fingerprint density at radius 1 is 1.03 bits per heavy atom. The highest BCUT2D eigenvalue weighted by Gasteiger charge is 2.20. The molecule has 2 aliphatic rings. The molecule has 1 aromatic rings. The van der Waals surface area contributed by atoms with Crippen LogP contribution < -0.4 is 14.8 Å². The minimum Gasteiger partial charge on any atom is -0.486 e. The number of nitrogens with zero attached hydrogens (tertiary/aromatic N) is 1. The summed E-state index contributed by atoms with van der Waals surface area (Å²) in [5.41, 5.74) is 0.782. The average Bonchev–Trinajstić information content (AvgIpc) is 3.32. The number of amides is 1. The average molecular weight is 463 g/mol. The van der Waals surface area contributed by atoms with Crippen LogP contribution >= 0.6 is 0 Å². The lowest BCUT2D eigenvalue weighted by Gasteiger charge is -2.22. The number of nitrogens with one attached hydrogen (secondary N) is 1. The van der Waals surface area contributed by atoms with Crippen LogP contribution in [0.1, 0.15) is 83.3 Å². The largest absolute Gasteiger partial charge is 0.486 e. The highest BCUT2D eigenvalue weighted by molar-refractivity contribution is 5.76. The maximum absolute atomic E-state index is 12.1. The van der Waals surface area contributed by atoms with E-state index in [9.17, 15) is 9.59 Å². The van der Waals surface area contributed by atoms with E-state index in [2.05, 4.69) is 24.2 Å². The van der Waals surface area contributed by atoms with Crippen molar-refractivity contribution in [2.75, 3.05) is 39.9 Å². The smallest absolute Gasteiger partial charge is 0.306 e. The zero-order valence-electron chi connectivity index (χ0n) is 20.7. The first-order chi connectivity index (χ1) is 16.0. The van der Waals surface area contributed by atoms with Gasteiger partial charge in [0.25, 0.3) is 0 Å². The first-order valence-electron chi connectivity index (χ1n) is 12.6. The van der Waals surface area contributed by atoms with Gasteiger partial charge in [-0.1, -0.05) is 45.6 Å². The van der Waals surface area contributed by atoms with E-state index in [0.29, 0.717) is 31.1 Å². The number of unbranched alkanes of at least 4 members (excludes halogenated alkanes) is 4. The maximum atomic E-state index is 12.1. The van der Waals surface area contributed by atoms with Gasteiger partial charge in [0.1, 0.15) is 19.3 Å². The number of hydrogen-bond acceptors (Lipinski definition) is 6. The van der Waals surface area contributed by atoms with Gasteiger partial charge in [0.05, 0.1) is 6.54 Å². The molecule has 1 aromatic carbocycles. The molecule has 1 fully saturated rings. The Morgan fingerprint density at radius 2 is 1.73 bits per heavy atom. The highest BCUT2D eigenvalue weighted by atomic mass is 16.6. The molecule has 7 heteroatoms. The number of benzene rings is 1. The number of carbonyl (C=O) groups excluding carboxylic acids is 2. The minimum atomic E-state index is -0.544. The molecule has 2 aliphatic heterocycles. The highest BCUT2D eigenvalue weighted by Crippen LogP contribution is 2.33. The number of carbonyl (C=O) groups is 2. The van der Waals surface area contributed by atoms with Crippen LogP contribution in [0.5, 0.6) is 11.5 Å². The van der Waals surface area contributed by atoms with E-state index in [1.54, 1.807) is 6.92 Å². The van der Waals surface area contributed by atoms with Crippen LogP contribution in [0.2, 0.25) is 0 Å². The summed E-state index contributed by atoms with van der Waals surface area (Å²) in [5.74, 6) is 1.01. The van der Waals surface area contributed by atoms with E-state index in [1.807, 2.05) is 18.2 Å². The predicted octanol–water partition coefficient (Wildman–Crippen LogP) is 4.64. The van der Waals surface area contributed by atoms with Crippen molar-refractivity contribution in [3.8, 4) is 11.5 Å². The normalized spacial score (nSPS) is 15.8. The quantitative estimate of drug-likeness (QED) is 0.381. The summed E-state index contributed by atoms with van der Waals surface area (Å²) in [6, 6.07) is 5.48. The van der Waals surface area contributed by atoms with E-state index in [0.717, 1.165) is 24.8 Å². The van der Waals surface area contributed by atoms with Gasteiger partial charge in [0.15, 0.2) is 11.5 Å². The molecule has 1 atom stereocenters. The second-order valence-electron chi connectivity index (χ2n) is 8.71. The van der Waals surface area contributed by atoms with Crippen LogP contribution in [0, 0.1) is 0 Å². The first kappa shape index (κ1) is 27.0. The van der Waals surface area contributed by atoms with Gasteiger partial charge in [-0.2, -0.15) is 0 Å². The lowest BCUT2D eigenvalue weighted by molar-refractivity contribution is -0.149. The van der Waals surface area contributed by atoms with E-state index < -0.39 is 6.10 Å². The number of fused-ring (bicyclic) bond motifs is 1. The van der Waals surface area contributed by atoms with Gasteiger partial charge in [-0.25, -0.2) is 0 Å². The molecule has 1 unspecified atom stereocenters. The fourth-order valence-corrected chi connectivity index (χ4v) is 3.79. The molecular formula is C26H42N2O5. The third-order valence-electron chi connectivity index (χ3n) is 5.82. The molecule has 2 heterocycles. The first-order valence-corrected chi connectivity index (χ1v) is 12.6. The van der Waals surface area contributed by atoms with Crippen LogP contribution in [-0.2, 0) is 14.3 Å². The molecule has 0 saturated carbocycles. The van der Waals surface area contributed by atoms with Crippen LogP contribution in [0.3, 0.4) is 0 Å². The van der Waals surface area contributed by atoms with E-state index in [-0.39, 0.29) is 24.8 Å². The van der Waals surface area contributed by atoms with Gasteiger partial charge in [-0.15, -0.1) is 0 Å². The summed E-state index contributed by atoms with van der Waals surface area (Å²) < 4.78 is 16.7. The Kier molecular flexibility index (Phi) is 12.7. The van der Waals surface area contributed by atoms with Crippen molar-refractivity contribution in [2.24, 2.45) is 0 Å². The summed E-state index contributed by atoms with van der Waals surface area (Å²) in [6.07, 6.45) is 8.58. The van der Waals surface area contributed by atoms with Crippen LogP contribution in [0.25, 0.3) is 0 Å². The molecule has 1 N–H and O–H groups in total. The van der Waals surface area contributed by atoms with Crippen molar-refractivity contribution in [3.05, 3.63) is 23.8 Å². The molecule has 0 aliphatic carbocycles. The Labute approximate surface area is 199 Å². The Morgan fingerprint density at radius 3 is 2.36 bits per heavy atom. The van der Waals surface area contributed by atoms with Crippen molar-refractivity contribution in [3.63, 3.8) is 0 Å². The fourth-order valence-electron chi connectivity index (χ4n) is 3.79. The van der Waals surface area contributed by atoms with Crippen molar-refractivity contribution in [1.82, 2.24) is 10.2 Å². The fraction of sp³-hybridized carbons (Fsp3) is 0.692. The van der Waals surface area contributed by atoms with Gasteiger partial charge >= 0.3 is 5.97 Å². The number of ether oxygens (including phenoxy) is 3. The van der Waals surface area contributed by atoms with Crippen LogP contribution in [0.15, 0.2) is 18.2 Å². The standard InChI is InChI=1S/C21H31NO5.C5H11N/c1-3-5-6-7-8-9-20(23)22-15-19(27-21(24)4-2)16-10-11-17-18(14-16)26-13-12-25-17;1-6-4-2-3-5-6/h10-11,14,19H,3-9,12-13,15H2,1-2H3,(H,22,23);2-5H2,1H3. The summed E-state index contributed by atoms with van der Waals surface area (Å²) in [7, 11) is 2.17. The van der Waals surface area contributed by atoms with Crippen molar-refractivity contribution in [1.29, 1.82) is 0 Å². The maximum Gasteiger partial charge on any atom is 0.306 e. The lowest BCUT2D eigenvalue weighted by Crippen LogP contribution is -2.30. The molecule has 1 amide bonds. The predicted molar refractivity (Wildman–Crippen MR) is 130 cm³/mol. The van der Waals surface area contributed by atoms with Gasteiger partial charge in [0, 0.05) is 12.8 Å². The van der Waals surface area contributed by atoms with Crippen molar-refractivity contribution in [2.45, 2.75) is 77.7 Å². The van der Waals surface area contributed by atoms with Gasteiger partial charge < -0.3 is 24.4 Å². The summed E-state index contributed by atoms with van der Waals surface area (Å²) in [6.45, 7) is 7.82. The molecule has 3 rings (SSSR count). The molecule has 0 radical (unpaired) electrons. The van der Waals surface area contributed by atoms with Crippen LogP contribution in [-0.4, -0.2) is 56.7 Å². The van der Waals surface area contributed by atoms with E-state index in [1.165, 1.54) is 38.8 Å². The Balaban J connectivity index is 0.000000554. The number of esters is 1. The van der Waals surface area contributed by atoms with Crippen LogP contribution in [0.4, 0.5) is 0 Å². The van der Waals surface area contributed by atoms with E-state index >= 15 is 0 Å². The van der Waals surface area contributed by atoms with Gasteiger partial charge in [0.2, 0.25) is 5.91 Å². The minimum absolute atomic E-state index is 0.0124. The second-order valence-corrected chi connectivity index (χ2v) is 8.71. The lowest BCUT2D eigenvalue weighted by atomic mass is 10.1. The number of rotatable bonds is 11. The molecular weight excluding hydrogens is 420 g/mol. The monoisotopic (exact) mass is 462 g/mol. The Bertz CT molecular complexity index is 719. The molecule has 186 valence electrons. The third-order valence-corrected chi connectivity index (χ3v) is 5.82. The molecule has 1 saturated heterocycles. The summed E-state index contributed by atoms with van der Waals surface area (Å²) in [4.78, 5) is 26.3. The zero-order chi connectivity index (χ0) is 23.9. The number of likely N-dealkylation sites (tertiary alicyclic amines) is 1. The molecule has 0 bridgehead atoms. The van der Waals surface area contributed by atoms with Crippen molar-refractivity contribution < 1.29 is 23.8 Å². The van der Waals surface area contributed by atoms with Gasteiger partial charge in [-0.05, 0) is 57.1 Å². The summed E-state index contributed by atoms with van der Waals surface area (Å²) >= 11 is 0. The van der Waals surface area contributed by atoms with Gasteiger partial charge in [-0.3, -0.25) is 9.59 Å².